The number of rotatable bonds is 0. The van der Waals surface area contributed by atoms with E-state index >= 15 is 0 Å². The maximum Gasteiger partial charge on any atom is 2.00 e. The molecule has 0 N–H and O–H groups in total. The molecular weight excluding hydrogens is 115 g/mol. The Morgan fingerprint density at radius 3 is 1.80 bits per heavy atom. The molecule has 0 heterocycles. The molecule has 32 valence electrons. The maximum absolute atomic E-state index is 8.89. The van der Waals surface area contributed by atoms with Gasteiger partial charge in [0, 0.05) is 5.97 Å². The summed E-state index contributed by atoms with van der Waals surface area (Å²) < 4.78 is 0. The average Bonchev–Trinajstić information content (AvgIpc) is 0.811. The number of carboxylic acids is 1. The molecule has 0 unspecified atom stereocenters. The van der Waals surface area contributed by atoms with Crippen molar-refractivity contribution in [2.24, 2.45) is 0 Å². The van der Waals surface area contributed by atoms with Crippen molar-refractivity contribution in [1.82, 2.24) is 0 Å². The Kier molecular flexibility index (Phi) is 7.04. The topological polar surface area (TPSA) is 40.1 Å². The normalized spacial score (nSPS) is 5.00. The summed E-state index contributed by atoms with van der Waals surface area (Å²) in [6, 6.07) is 0. The molecule has 2 nitrogen and oxygen atoms in total. The van der Waals surface area contributed by atoms with E-state index in [2.05, 4.69) is 0 Å². The Bertz CT molecular complexity index is 30.6. The van der Waals surface area contributed by atoms with E-state index in [9.17, 15) is 0 Å². The molecule has 0 aromatic rings. The molecule has 0 aliphatic rings. The van der Waals surface area contributed by atoms with E-state index in [1.807, 2.05) is 0 Å². The van der Waals surface area contributed by atoms with Crippen LogP contribution in [-0.4, -0.2) is 5.97 Å². The van der Waals surface area contributed by atoms with Crippen LogP contribution in [0.2, 0.25) is 0 Å². The van der Waals surface area contributed by atoms with Gasteiger partial charge in [0.2, 0.25) is 0 Å². The van der Waals surface area contributed by atoms with E-state index in [4.69, 9.17) is 9.90 Å². The number of hydrogen-bond donors (Lipinski definition) is 0. The molecule has 0 spiro atoms. The first-order valence-corrected chi connectivity index (χ1v) is 0.908. The Balaban J connectivity index is 0. The fourth-order valence-corrected chi connectivity index (χ4v) is 0. The van der Waals surface area contributed by atoms with Crippen LogP contribution in [0.15, 0.2) is 0 Å². The van der Waals surface area contributed by atoms with Crippen molar-refractivity contribution >= 4 is 5.97 Å². The van der Waals surface area contributed by atoms with Gasteiger partial charge in [0.25, 0.3) is 0 Å². The number of aliphatic carboxylic acids is 1. The van der Waals surface area contributed by atoms with Gasteiger partial charge in [-0.2, -0.15) is 0 Å². The first kappa shape index (κ1) is 8.88. The van der Waals surface area contributed by atoms with Crippen LogP contribution in [-0.2, 0) is 21.3 Å². The third kappa shape index (κ3) is 11500. The van der Waals surface area contributed by atoms with Crippen LogP contribution < -0.4 is 5.11 Å². The molecule has 0 fully saturated rings. The quantitative estimate of drug-likeness (QED) is 0.373. The second-order valence-corrected chi connectivity index (χ2v) is 0.492. The number of carbonyl (C=O) groups excluding carboxylic acids is 1. The fraction of sp³-hybridized carbons (Fsp3) is 0.500. The summed E-state index contributed by atoms with van der Waals surface area (Å²) in [7, 11) is 0. The van der Waals surface area contributed by atoms with E-state index in [-0.39, 0.29) is 16.5 Å². The van der Waals surface area contributed by atoms with Gasteiger partial charge in [-0.05, 0) is 6.92 Å². The monoisotopic (exact) mass is 117 g/mol. The molecule has 0 saturated heterocycles. The number of carboxylic acid groups (broad SMARTS) is 1. The summed E-state index contributed by atoms with van der Waals surface area (Å²) >= 11 is 0. The van der Waals surface area contributed by atoms with Gasteiger partial charge < -0.3 is 9.90 Å². The van der Waals surface area contributed by atoms with E-state index in [1.165, 1.54) is 0 Å². The zero-order valence-electron chi connectivity index (χ0n) is 2.63. The van der Waals surface area contributed by atoms with Gasteiger partial charge in [-0.25, -0.2) is 0 Å². The van der Waals surface area contributed by atoms with Crippen molar-refractivity contribution in [1.29, 1.82) is 0 Å². The molecule has 0 saturated carbocycles. The molecular formula is C2H3NiO2+. The van der Waals surface area contributed by atoms with Crippen LogP contribution >= 0.6 is 0 Å². The molecule has 5 heavy (non-hydrogen) atoms. The summed E-state index contributed by atoms with van der Waals surface area (Å²) in [6.07, 6.45) is 0. The minimum atomic E-state index is -1.08. The molecule has 0 radical (unpaired) electrons. The van der Waals surface area contributed by atoms with Crippen molar-refractivity contribution in [3.05, 3.63) is 0 Å². The number of carbonyl (C=O) groups is 1. The summed E-state index contributed by atoms with van der Waals surface area (Å²) in [5.74, 6) is -1.08. The van der Waals surface area contributed by atoms with E-state index in [0.717, 1.165) is 6.92 Å². The predicted molar refractivity (Wildman–Crippen MR) is 10.7 cm³/mol. The average molecular weight is 118 g/mol. The smallest absolute Gasteiger partial charge is 0.550 e. The van der Waals surface area contributed by atoms with Gasteiger partial charge in [-0.15, -0.1) is 0 Å². The predicted octanol–water partition coefficient (Wildman–Crippen LogP) is -1.25. The number of hydrogen-bond acceptors (Lipinski definition) is 2. The van der Waals surface area contributed by atoms with E-state index in [1.54, 1.807) is 0 Å². The van der Waals surface area contributed by atoms with Crippen LogP contribution in [0.5, 0.6) is 0 Å². The summed E-state index contributed by atoms with van der Waals surface area (Å²) in [6.45, 7) is 0.972. The second-order valence-electron chi connectivity index (χ2n) is 0.492. The molecule has 0 aliphatic carbocycles. The molecule has 0 bridgehead atoms. The van der Waals surface area contributed by atoms with Crippen molar-refractivity contribution in [3.63, 3.8) is 0 Å². The summed E-state index contributed by atoms with van der Waals surface area (Å²) in [5.41, 5.74) is 0. The zero-order chi connectivity index (χ0) is 3.58. The Morgan fingerprint density at radius 1 is 1.80 bits per heavy atom. The molecule has 3 heteroatoms. The van der Waals surface area contributed by atoms with Gasteiger partial charge in [-0.1, -0.05) is 0 Å². The minimum absolute atomic E-state index is 0. The van der Waals surface area contributed by atoms with Gasteiger partial charge in [0.05, 0.1) is 0 Å². The molecule has 0 atom stereocenters. The van der Waals surface area contributed by atoms with Crippen molar-refractivity contribution in [3.8, 4) is 0 Å². The standard InChI is InChI=1S/C2H4O2.Ni/c1-2(3)4;/h1H3,(H,3,4);/q;+2/p-1. The minimum Gasteiger partial charge on any atom is -0.550 e. The Labute approximate surface area is 40.1 Å². The Hall–Kier alpha value is -0.0365. The SMILES string of the molecule is CC(=O)[O-].[Ni+2]. The van der Waals surface area contributed by atoms with Gasteiger partial charge >= 0.3 is 16.5 Å². The first-order valence-electron chi connectivity index (χ1n) is 0.908. The molecule has 0 aromatic heterocycles. The van der Waals surface area contributed by atoms with Crippen LogP contribution in [0, 0.1) is 0 Å². The summed E-state index contributed by atoms with van der Waals surface area (Å²) in [5, 5.41) is 8.89. The van der Waals surface area contributed by atoms with Crippen LogP contribution in [0.1, 0.15) is 6.92 Å². The van der Waals surface area contributed by atoms with Crippen molar-refractivity contribution < 1.29 is 26.4 Å². The third-order valence-electron chi connectivity index (χ3n) is 0. The van der Waals surface area contributed by atoms with Crippen LogP contribution in [0.25, 0.3) is 0 Å². The van der Waals surface area contributed by atoms with Gasteiger partial charge in [-0.3, -0.25) is 0 Å². The second kappa shape index (κ2) is 3.96. The zero-order valence-corrected chi connectivity index (χ0v) is 3.62. The van der Waals surface area contributed by atoms with Gasteiger partial charge in [0.1, 0.15) is 0 Å². The fourth-order valence-electron chi connectivity index (χ4n) is 0. The molecule has 0 rings (SSSR count). The van der Waals surface area contributed by atoms with E-state index < -0.39 is 5.97 Å². The molecule has 0 amide bonds. The van der Waals surface area contributed by atoms with Gasteiger partial charge in [0.15, 0.2) is 0 Å². The maximum atomic E-state index is 8.89. The van der Waals surface area contributed by atoms with Crippen molar-refractivity contribution in [2.75, 3.05) is 0 Å². The molecule has 0 aliphatic heterocycles. The van der Waals surface area contributed by atoms with Crippen LogP contribution in [0.3, 0.4) is 0 Å². The largest absolute Gasteiger partial charge is 2.00 e. The van der Waals surface area contributed by atoms with Crippen LogP contribution in [0.4, 0.5) is 0 Å². The Morgan fingerprint density at radius 2 is 1.80 bits per heavy atom. The molecule has 0 aromatic carbocycles. The third-order valence-corrected chi connectivity index (χ3v) is 0. The first-order chi connectivity index (χ1) is 1.73. The van der Waals surface area contributed by atoms with Crippen molar-refractivity contribution in [2.45, 2.75) is 6.92 Å². The summed E-state index contributed by atoms with van der Waals surface area (Å²) in [4.78, 5) is 8.89. The van der Waals surface area contributed by atoms with E-state index in [0.29, 0.717) is 0 Å².